The first-order valence-electron chi connectivity index (χ1n) is 9.75. The zero-order valence-electron chi connectivity index (χ0n) is 17.4. The Kier molecular flexibility index (Phi) is 7.80. The molecule has 0 unspecified atom stereocenters. The molecule has 2 rings (SSSR count). The molecule has 0 radical (unpaired) electrons. The van der Waals surface area contributed by atoms with Gasteiger partial charge < -0.3 is 10.2 Å². The first kappa shape index (κ1) is 22.6. The van der Waals surface area contributed by atoms with Crippen LogP contribution in [0, 0.1) is 11.3 Å². The average Bonchev–Trinajstić information content (AvgIpc) is 2.64. The summed E-state index contributed by atoms with van der Waals surface area (Å²) < 4.78 is 26.5. The summed E-state index contributed by atoms with van der Waals surface area (Å²) in [4.78, 5) is 14.6. The van der Waals surface area contributed by atoms with Gasteiger partial charge in [0, 0.05) is 37.5 Å². The lowest BCUT2D eigenvalue weighted by Crippen LogP contribution is -2.45. The molecule has 1 aliphatic rings. The van der Waals surface area contributed by atoms with Crippen LogP contribution in [-0.2, 0) is 14.8 Å². The van der Waals surface area contributed by atoms with Crippen LogP contribution in [0.15, 0.2) is 35.7 Å². The lowest BCUT2D eigenvalue weighted by atomic mass is 9.91. The number of benzene rings is 1. The zero-order valence-corrected chi connectivity index (χ0v) is 18.2. The van der Waals surface area contributed by atoms with Gasteiger partial charge in [0.05, 0.1) is 0 Å². The van der Waals surface area contributed by atoms with Crippen molar-refractivity contribution in [3.05, 3.63) is 41.3 Å². The summed E-state index contributed by atoms with van der Waals surface area (Å²) in [7, 11) is 0.576. The molecule has 28 heavy (non-hydrogen) atoms. The number of nitrogens with one attached hydrogen (secondary N) is 1. The number of amides is 1. The number of nitrogens with zero attached hydrogens (tertiary/aromatic N) is 2. The first-order chi connectivity index (χ1) is 13.1. The normalized spacial score (nSPS) is 17.3. The van der Waals surface area contributed by atoms with Crippen molar-refractivity contribution in [1.29, 1.82) is 0 Å². The van der Waals surface area contributed by atoms with Gasteiger partial charge in [-0.3, -0.25) is 4.79 Å². The van der Waals surface area contributed by atoms with E-state index in [2.05, 4.69) is 24.1 Å². The number of carbonyl (C=O) groups is 1. The van der Waals surface area contributed by atoms with E-state index < -0.39 is 10.0 Å². The first-order valence-corrected chi connectivity index (χ1v) is 11.3. The van der Waals surface area contributed by atoms with Crippen molar-refractivity contribution in [2.24, 2.45) is 11.3 Å². The Bertz CT molecular complexity index is 765. The van der Waals surface area contributed by atoms with Gasteiger partial charge in [0.25, 0.3) is 0 Å². The maximum Gasteiger partial charge on any atom is 0.236 e. The Morgan fingerprint density at radius 2 is 1.82 bits per heavy atom. The molecule has 6 nitrogen and oxygen atoms in total. The van der Waals surface area contributed by atoms with Gasteiger partial charge in [-0.15, -0.1) is 0 Å². The second-order valence-electron chi connectivity index (χ2n) is 8.55. The summed E-state index contributed by atoms with van der Waals surface area (Å²) in [6.07, 6.45) is 2.72. The highest BCUT2D eigenvalue weighted by atomic mass is 32.2. The molecule has 1 fully saturated rings. The number of piperidine rings is 1. The maximum atomic E-state index is 12.5. The Balaban J connectivity index is 1.84. The van der Waals surface area contributed by atoms with E-state index in [-0.39, 0.29) is 17.2 Å². The van der Waals surface area contributed by atoms with Crippen molar-refractivity contribution in [3.63, 3.8) is 0 Å². The Labute approximate surface area is 169 Å². The Morgan fingerprint density at radius 1 is 1.21 bits per heavy atom. The fourth-order valence-corrected chi connectivity index (χ4v) is 4.79. The largest absolute Gasteiger partial charge is 0.355 e. The number of sulfonamides is 1. The van der Waals surface area contributed by atoms with E-state index in [9.17, 15) is 13.2 Å². The van der Waals surface area contributed by atoms with Gasteiger partial charge in [0.2, 0.25) is 15.9 Å². The van der Waals surface area contributed by atoms with Crippen LogP contribution in [0.3, 0.4) is 0 Å². The van der Waals surface area contributed by atoms with Crippen LogP contribution in [0.5, 0.6) is 0 Å². The van der Waals surface area contributed by atoms with Crippen molar-refractivity contribution in [1.82, 2.24) is 14.5 Å². The predicted octanol–water partition coefficient (Wildman–Crippen LogP) is 2.40. The van der Waals surface area contributed by atoms with Gasteiger partial charge in [-0.05, 0) is 44.0 Å². The van der Waals surface area contributed by atoms with E-state index in [1.807, 2.05) is 44.4 Å². The summed E-state index contributed by atoms with van der Waals surface area (Å²) in [6, 6.07) is 9.36. The van der Waals surface area contributed by atoms with Crippen LogP contribution >= 0.6 is 0 Å². The fraction of sp³-hybridized carbons (Fsp3) is 0.571. The van der Waals surface area contributed by atoms with Gasteiger partial charge in [-0.25, -0.2) is 8.42 Å². The molecule has 1 amide bonds. The van der Waals surface area contributed by atoms with Crippen molar-refractivity contribution in [2.45, 2.75) is 26.7 Å². The summed E-state index contributed by atoms with van der Waals surface area (Å²) >= 11 is 0. The summed E-state index contributed by atoms with van der Waals surface area (Å²) in [5.74, 6) is -0.0941. The molecule has 1 aliphatic heterocycles. The van der Waals surface area contributed by atoms with E-state index in [0.29, 0.717) is 32.5 Å². The quantitative estimate of drug-likeness (QED) is 0.718. The molecule has 1 N–H and O–H groups in total. The predicted molar refractivity (Wildman–Crippen MR) is 114 cm³/mol. The molecule has 1 aromatic rings. The molecule has 0 spiro atoms. The van der Waals surface area contributed by atoms with Gasteiger partial charge in [-0.2, -0.15) is 4.31 Å². The summed E-state index contributed by atoms with van der Waals surface area (Å²) in [6.45, 7) is 6.50. The van der Waals surface area contributed by atoms with Gasteiger partial charge in [0.15, 0.2) is 0 Å². The van der Waals surface area contributed by atoms with E-state index in [1.165, 1.54) is 9.71 Å². The Morgan fingerprint density at radius 3 is 2.39 bits per heavy atom. The van der Waals surface area contributed by atoms with Crippen LogP contribution < -0.4 is 5.32 Å². The van der Waals surface area contributed by atoms with Crippen molar-refractivity contribution in [2.75, 3.05) is 40.3 Å². The molecule has 1 aromatic carbocycles. The minimum Gasteiger partial charge on any atom is -0.355 e. The highest BCUT2D eigenvalue weighted by molar-refractivity contribution is 7.92. The van der Waals surface area contributed by atoms with Crippen LogP contribution in [0.4, 0.5) is 0 Å². The molecule has 156 valence electrons. The van der Waals surface area contributed by atoms with Crippen LogP contribution in [0.25, 0.3) is 6.08 Å². The third-order valence-electron chi connectivity index (χ3n) is 4.90. The van der Waals surface area contributed by atoms with Crippen molar-refractivity contribution < 1.29 is 13.2 Å². The number of carbonyl (C=O) groups excluding carboxylic acids is 1. The molecule has 1 saturated heterocycles. The number of hydrogen-bond acceptors (Lipinski definition) is 4. The minimum atomic E-state index is -3.46. The number of hydrogen-bond donors (Lipinski definition) is 1. The minimum absolute atomic E-state index is 0.00850. The van der Waals surface area contributed by atoms with E-state index in [4.69, 9.17) is 0 Å². The van der Waals surface area contributed by atoms with Crippen LogP contribution in [0.2, 0.25) is 0 Å². The molecular formula is C21H33N3O3S. The van der Waals surface area contributed by atoms with Gasteiger partial charge >= 0.3 is 0 Å². The van der Waals surface area contributed by atoms with Crippen LogP contribution in [-0.4, -0.2) is 63.8 Å². The van der Waals surface area contributed by atoms with Crippen LogP contribution in [0.1, 0.15) is 32.3 Å². The standard InChI is InChI=1S/C21H33N3O3S/c1-21(2,17-23(3)4)16-22-20(25)19-10-13-24(14-11-19)28(26,27)15-12-18-8-6-5-7-9-18/h5-9,12,15,19H,10-11,13-14,16-17H2,1-4H3,(H,22,25). The SMILES string of the molecule is CN(C)CC(C)(C)CNC(=O)C1CCN(S(=O)(=O)C=Cc2ccccc2)CC1. The van der Waals surface area contributed by atoms with Crippen molar-refractivity contribution in [3.8, 4) is 0 Å². The summed E-state index contributed by atoms with van der Waals surface area (Å²) in [5.41, 5.74) is 0.839. The molecule has 0 aromatic heterocycles. The van der Waals surface area contributed by atoms with E-state index in [1.54, 1.807) is 6.08 Å². The highest BCUT2D eigenvalue weighted by Gasteiger charge is 2.30. The van der Waals surface area contributed by atoms with Gasteiger partial charge in [0.1, 0.15) is 0 Å². The second kappa shape index (κ2) is 9.67. The molecule has 0 aliphatic carbocycles. The Hall–Kier alpha value is -1.70. The monoisotopic (exact) mass is 407 g/mol. The summed E-state index contributed by atoms with van der Waals surface area (Å²) in [5, 5.41) is 4.31. The average molecular weight is 408 g/mol. The molecule has 1 heterocycles. The van der Waals surface area contributed by atoms with Gasteiger partial charge in [-0.1, -0.05) is 44.2 Å². The van der Waals surface area contributed by atoms with E-state index in [0.717, 1.165) is 12.1 Å². The lowest BCUT2D eigenvalue weighted by Gasteiger charge is -2.32. The molecule has 0 bridgehead atoms. The van der Waals surface area contributed by atoms with E-state index >= 15 is 0 Å². The van der Waals surface area contributed by atoms with Crippen molar-refractivity contribution >= 4 is 22.0 Å². The third kappa shape index (κ3) is 7.04. The topological polar surface area (TPSA) is 69.7 Å². The second-order valence-corrected chi connectivity index (χ2v) is 10.4. The molecule has 7 heteroatoms. The fourth-order valence-electron chi connectivity index (χ4n) is 3.57. The molecule has 0 atom stereocenters. The maximum absolute atomic E-state index is 12.5. The highest BCUT2D eigenvalue weighted by Crippen LogP contribution is 2.22. The number of rotatable bonds is 8. The lowest BCUT2D eigenvalue weighted by molar-refractivity contribution is -0.126. The third-order valence-corrected chi connectivity index (χ3v) is 6.47. The molecule has 0 saturated carbocycles. The smallest absolute Gasteiger partial charge is 0.236 e. The zero-order chi connectivity index (χ0) is 20.8. The molecular weight excluding hydrogens is 374 g/mol.